The SMILES string of the molecule is C[C@H]1CCCCN1C(=O)Cn1cc(C#N)c2ccccc21. The fourth-order valence-electron chi connectivity index (χ4n) is 3.17. The van der Waals surface area contributed by atoms with Crippen LogP contribution in [0.15, 0.2) is 30.5 Å². The molecule has 1 aromatic carbocycles. The van der Waals surface area contributed by atoms with Crippen LogP contribution in [0.4, 0.5) is 0 Å². The Morgan fingerprint density at radius 1 is 1.38 bits per heavy atom. The van der Waals surface area contributed by atoms with Crippen molar-refractivity contribution in [2.75, 3.05) is 6.54 Å². The Hall–Kier alpha value is -2.28. The minimum absolute atomic E-state index is 0.146. The number of rotatable bonds is 2. The van der Waals surface area contributed by atoms with Gasteiger partial charge in [-0.2, -0.15) is 5.26 Å². The normalized spacial score (nSPS) is 18.7. The number of nitrogens with zero attached hydrogens (tertiary/aromatic N) is 3. The van der Waals surface area contributed by atoms with Gasteiger partial charge in [0, 0.05) is 29.7 Å². The van der Waals surface area contributed by atoms with E-state index in [4.69, 9.17) is 0 Å². The lowest BCUT2D eigenvalue weighted by Gasteiger charge is -2.33. The first-order valence-electron chi connectivity index (χ1n) is 7.48. The van der Waals surface area contributed by atoms with Gasteiger partial charge in [0.2, 0.25) is 5.91 Å². The second kappa shape index (κ2) is 5.61. The second-order valence-electron chi connectivity index (χ2n) is 5.73. The predicted octanol–water partition coefficient (Wildman–Crippen LogP) is 2.91. The molecule has 21 heavy (non-hydrogen) atoms. The van der Waals surface area contributed by atoms with E-state index in [2.05, 4.69) is 13.0 Å². The van der Waals surface area contributed by atoms with E-state index in [1.54, 1.807) is 6.20 Å². The van der Waals surface area contributed by atoms with Gasteiger partial charge in [-0.15, -0.1) is 0 Å². The number of hydrogen-bond donors (Lipinski definition) is 0. The third-order valence-corrected chi connectivity index (χ3v) is 4.34. The summed E-state index contributed by atoms with van der Waals surface area (Å²) >= 11 is 0. The fraction of sp³-hybridized carbons (Fsp3) is 0.412. The molecule has 3 rings (SSSR count). The van der Waals surface area contributed by atoms with Crippen LogP contribution in [-0.4, -0.2) is 28.0 Å². The average molecular weight is 281 g/mol. The van der Waals surface area contributed by atoms with Gasteiger partial charge in [-0.3, -0.25) is 4.79 Å². The van der Waals surface area contributed by atoms with Crippen LogP contribution in [0.2, 0.25) is 0 Å². The molecular weight excluding hydrogens is 262 g/mol. The number of hydrogen-bond acceptors (Lipinski definition) is 2. The van der Waals surface area contributed by atoms with Crippen molar-refractivity contribution in [3.05, 3.63) is 36.0 Å². The minimum atomic E-state index is 0.146. The number of carbonyl (C=O) groups excluding carboxylic acids is 1. The van der Waals surface area contributed by atoms with Gasteiger partial charge in [0.05, 0.1) is 5.56 Å². The summed E-state index contributed by atoms with van der Waals surface area (Å²) in [7, 11) is 0. The molecule has 0 N–H and O–H groups in total. The Kier molecular flexibility index (Phi) is 3.66. The van der Waals surface area contributed by atoms with E-state index < -0.39 is 0 Å². The molecule has 1 aromatic heterocycles. The van der Waals surface area contributed by atoms with Crippen LogP contribution in [0.5, 0.6) is 0 Å². The third kappa shape index (κ3) is 2.52. The number of likely N-dealkylation sites (tertiary alicyclic amines) is 1. The molecule has 1 amide bonds. The van der Waals surface area contributed by atoms with E-state index in [1.165, 1.54) is 6.42 Å². The topological polar surface area (TPSA) is 49.0 Å². The Morgan fingerprint density at radius 3 is 2.95 bits per heavy atom. The van der Waals surface area contributed by atoms with Gasteiger partial charge < -0.3 is 9.47 Å². The van der Waals surface area contributed by atoms with Crippen LogP contribution in [0.25, 0.3) is 10.9 Å². The Bertz CT molecular complexity index is 710. The van der Waals surface area contributed by atoms with Crippen LogP contribution in [0.3, 0.4) is 0 Å². The molecule has 0 spiro atoms. The Morgan fingerprint density at radius 2 is 2.19 bits per heavy atom. The van der Waals surface area contributed by atoms with Crippen LogP contribution in [0.1, 0.15) is 31.7 Å². The van der Waals surface area contributed by atoms with Crippen LogP contribution < -0.4 is 0 Å². The lowest BCUT2D eigenvalue weighted by atomic mass is 10.0. The van der Waals surface area contributed by atoms with E-state index in [0.29, 0.717) is 18.2 Å². The first-order valence-corrected chi connectivity index (χ1v) is 7.48. The van der Waals surface area contributed by atoms with Gasteiger partial charge >= 0.3 is 0 Å². The van der Waals surface area contributed by atoms with Crippen molar-refractivity contribution < 1.29 is 4.79 Å². The maximum atomic E-state index is 12.5. The Balaban J connectivity index is 1.88. The smallest absolute Gasteiger partial charge is 0.242 e. The monoisotopic (exact) mass is 281 g/mol. The molecule has 4 nitrogen and oxygen atoms in total. The number of fused-ring (bicyclic) bond motifs is 1. The van der Waals surface area contributed by atoms with Crippen molar-refractivity contribution in [3.8, 4) is 6.07 Å². The second-order valence-corrected chi connectivity index (χ2v) is 5.73. The molecule has 0 unspecified atom stereocenters. The zero-order valence-corrected chi connectivity index (χ0v) is 12.2. The van der Waals surface area contributed by atoms with Crippen LogP contribution >= 0.6 is 0 Å². The summed E-state index contributed by atoms with van der Waals surface area (Å²) in [6.45, 7) is 3.28. The molecule has 0 bridgehead atoms. The minimum Gasteiger partial charge on any atom is -0.338 e. The zero-order valence-electron chi connectivity index (χ0n) is 12.2. The number of para-hydroxylation sites is 1. The Labute approximate surface area is 124 Å². The molecular formula is C17H19N3O. The van der Waals surface area contributed by atoms with E-state index in [1.807, 2.05) is 33.7 Å². The molecule has 1 fully saturated rings. The standard InChI is InChI=1S/C17H19N3O/c1-13-6-4-5-9-20(13)17(21)12-19-11-14(10-18)15-7-2-3-8-16(15)19/h2-3,7-8,11,13H,4-6,9,12H2,1H3/t13-/m0/s1. The first kappa shape index (κ1) is 13.7. The van der Waals surface area contributed by atoms with Crippen molar-refractivity contribution >= 4 is 16.8 Å². The summed E-state index contributed by atoms with van der Waals surface area (Å²) in [4.78, 5) is 14.5. The first-order chi connectivity index (χ1) is 10.2. The molecule has 1 aliphatic heterocycles. The maximum Gasteiger partial charge on any atom is 0.242 e. The number of benzene rings is 1. The summed E-state index contributed by atoms with van der Waals surface area (Å²) in [5.74, 6) is 0.146. The van der Waals surface area contributed by atoms with E-state index >= 15 is 0 Å². The van der Waals surface area contributed by atoms with Gasteiger partial charge in [0.15, 0.2) is 0 Å². The molecule has 0 radical (unpaired) electrons. The van der Waals surface area contributed by atoms with Crippen molar-refractivity contribution in [3.63, 3.8) is 0 Å². The predicted molar refractivity (Wildman–Crippen MR) is 81.7 cm³/mol. The maximum absolute atomic E-state index is 12.5. The molecule has 4 heteroatoms. The molecule has 1 saturated heterocycles. The van der Waals surface area contributed by atoms with Crippen molar-refractivity contribution in [1.29, 1.82) is 5.26 Å². The zero-order chi connectivity index (χ0) is 14.8. The molecule has 2 aromatic rings. The molecule has 0 saturated carbocycles. The van der Waals surface area contributed by atoms with Gasteiger partial charge in [0.1, 0.15) is 12.6 Å². The van der Waals surface area contributed by atoms with Gasteiger partial charge in [-0.1, -0.05) is 18.2 Å². The van der Waals surface area contributed by atoms with Gasteiger partial charge in [-0.25, -0.2) is 0 Å². The summed E-state index contributed by atoms with van der Waals surface area (Å²) in [6, 6.07) is 10.3. The molecule has 1 atom stereocenters. The molecule has 2 heterocycles. The fourth-order valence-corrected chi connectivity index (χ4v) is 3.17. The molecule has 0 aliphatic carbocycles. The highest BCUT2D eigenvalue weighted by atomic mass is 16.2. The summed E-state index contributed by atoms with van der Waals surface area (Å²) in [6.07, 6.45) is 5.17. The largest absolute Gasteiger partial charge is 0.338 e. The molecule has 1 aliphatic rings. The van der Waals surface area contributed by atoms with Crippen molar-refractivity contribution in [2.24, 2.45) is 0 Å². The number of carbonyl (C=O) groups is 1. The number of piperidine rings is 1. The average Bonchev–Trinajstić information content (AvgIpc) is 2.86. The number of nitriles is 1. The van der Waals surface area contributed by atoms with Gasteiger partial charge in [0.25, 0.3) is 0 Å². The van der Waals surface area contributed by atoms with E-state index in [0.717, 1.165) is 30.3 Å². The third-order valence-electron chi connectivity index (χ3n) is 4.34. The van der Waals surface area contributed by atoms with Gasteiger partial charge in [-0.05, 0) is 32.3 Å². The number of amides is 1. The quantitative estimate of drug-likeness (QED) is 0.849. The van der Waals surface area contributed by atoms with Crippen LogP contribution in [0, 0.1) is 11.3 Å². The van der Waals surface area contributed by atoms with E-state index in [-0.39, 0.29) is 5.91 Å². The highest BCUT2D eigenvalue weighted by Crippen LogP contribution is 2.22. The lowest BCUT2D eigenvalue weighted by molar-refractivity contribution is -0.135. The highest BCUT2D eigenvalue weighted by molar-refractivity contribution is 5.88. The number of aromatic nitrogens is 1. The van der Waals surface area contributed by atoms with Crippen LogP contribution in [-0.2, 0) is 11.3 Å². The summed E-state index contributed by atoms with van der Waals surface area (Å²) in [5, 5.41) is 10.1. The summed E-state index contributed by atoms with van der Waals surface area (Å²) in [5.41, 5.74) is 1.58. The summed E-state index contributed by atoms with van der Waals surface area (Å²) < 4.78 is 1.90. The van der Waals surface area contributed by atoms with E-state index in [9.17, 15) is 10.1 Å². The van der Waals surface area contributed by atoms with Crippen molar-refractivity contribution in [2.45, 2.75) is 38.8 Å². The lowest BCUT2D eigenvalue weighted by Crippen LogP contribution is -2.43. The highest BCUT2D eigenvalue weighted by Gasteiger charge is 2.23. The van der Waals surface area contributed by atoms with Crippen molar-refractivity contribution in [1.82, 2.24) is 9.47 Å². The molecule has 108 valence electrons.